The van der Waals surface area contributed by atoms with Gasteiger partial charge in [0, 0.05) is 5.39 Å². The van der Waals surface area contributed by atoms with Crippen LogP contribution in [0.25, 0.3) is 10.9 Å². The van der Waals surface area contributed by atoms with Gasteiger partial charge in [-0.25, -0.2) is 4.79 Å². The smallest absolute Gasteiger partial charge is 0.416 e. The second-order valence-electron chi connectivity index (χ2n) is 8.64. The minimum atomic E-state index is -4.43. The van der Waals surface area contributed by atoms with Crippen molar-refractivity contribution in [3.63, 3.8) is 0 Å². The van der Waals surface area contributed by atoms with Crippen LogP contribution in [0, 0.1) is 0 Å². The number of hydrogen-bond donors (Lipinski definition) is 2. The number of carboxylic acid groups (broad SMARTS) is 1. The van der Waals surface area contributed by atoms with Gasteiger partial charge in [0.2, 0.25) is 0 Å². The molecule has 1 aromatic heterocycles. The third-order valence-electron chi connectivity index (χ3n) is 6.26. The zero-order valence-corrected chi connectivity index (χ0v) is 18.3. The Morgan fingerprint density at radius 1 is 0.971 bits per heavy atom. The first-order valence-electron chi connectivity index (χ1n) is 10.9. The van der Waals surface area contributed by atoms with Crippen molar-refractivity contribution in [2.45, 2.75) is 31.1 Å². The van der Waals surface area contributed by atoms with E-state index in [-0.39, 0.29) is 18.0 Å². The van der Waals surface area contributed by atoms with Gasteiger partial charge >= 0.3 is 12.1 Å². The third-order valence-corrected chi connectivity index (χ3v) is 6.26. The maximum atomic E-state index is 13.5. The molecule has 5 rings (SSSR count). The summed E-state index contributed by atoms with van der Waals surface area (Å²) in [5.41, 5.74) is 1.12. The van der Waals surface area contributed by atoms with E-state index in [0.29, 0.717) is 35.0 Å². The zero-order valence-electron chi connectivity index (χ0n) is 18.3. The Morgan fingerprint density at radius 2 is 1.63 bits per heavy atom. The fourth-order valence-electron chi connectivity index (χ4n) is 4.23. The van der Waals surface area contributed by atoms with Crippen molar-refractivity contribution >= 4 is 22.8 Å². The van der Waals surface area contributed by atoms with Gasteiger partial charge in [-0.2, -0.15) is 18.3 Å². The lowest BCUT2D eigenvalue weighted by molar-refractivity contribution is -0.137. The van der Waals surface area contributed by atoms with E-state index in [1.807, 2.05) is 0 Å². The fraction of sp³-hybridized carbons (Fsp3) is 0.192. The number of alkyl halides is 3. The van der Waals surface area contributed by atoms with Gasteiger partial charge in [-0.05, 0) is 54.3 Å². The molecule has 9 heteroatoms. The lowest BCUT2D eigenvalue weighted by Gasteiger charge is -2.19. The van der Waals surface area contributed by atoms with Gasteiger partial charge < -0.3 is 10.4 Å². The Bertz CT molecular complexity index is 1420. The van der Waals surface area contributed by atoms with E-state index in [1.165, 1.54) is 28.9 Å². The number of carbonyl (C=O) groups is 2. The minimum Gasteiger partial charge on any atom is -0.478 e. The number of aromatic nitrogens is 2. The summed E-state index contributed by atoms with van der Waals surface area (Å²) in [6.45, 7) is 0.121. The van der Waals surface area contributed by atoms with E-state index in [9.17, 15) is 22.8 Å². The quantitative estimate of drug-likeness (QED) is 0.397. The highest BCUT2D eigenvalue weighted by Crippen LogP contribution is 2.46. The molecule has 1 aliphatic carbocycles. The Kier molecular flexibility index (Phi) is 5.35. The molecule has 1 amide bonds. The SMILES string of the molecule is O=C(O)c1ccc(C2(NC(=O)c3c4ccccc4nn3Cc3ccc(C(F)(F)F)cc3)CC2)cc1. The van der Waals surface area contributed by atoms with E-state index in [4.69, 9.17) is 5.11 Å². The molecule has 1 fully saturated rings. The monoisotopic (exact) mass is 479 g/mol. The lowest BCUT2D eigenvalue weighted by Crippen LogP contribution is -2.36. The summed E-state index contributed by atoms with van der Waals surface area (Å²) in [5, 5.41) is 17.4. The molecule has 0 aliphatic heterocycles. The van der Waals surface area contributed by atoms with Crippen LogP contribution in [0.2, 0.25) is 0 Å². The van der Waals surface area contributed by atoms with Crippen LogP contribution in [-0.4, -0.2) is 26.8 Å². The summed E-state index contributed by atoms with van der Waals surface area (Å²) in [5.74, 6) is -1.38. The maximum Gasteiger partial charge on any atom is 0.416 e. The van der Waals surface area contributed by atoms with E-state index < -0.39 is 23.2 Å². The summed E-state index contributed by atoms with van der Waals surface area (Å²) in [4.78, 5) is 24.7. The summed E-state index contributed by atoms with van der Waals surface area (Å²) in [6.07, 6.45) is -3.02. The summed E-state index contributed by atoms with van der Waals surface area (Å²) >= 11 is 0. The summed E-state index contributed by atoms with van der Waals surface area (Å²) in [6, 6.07) is 18.3. The molecule has 1 heterocycles. The number of carbonyl (C=O) groups excluding carboxylic acids is 1. The van der Waals surface area contributed by atoms with Gasteiger partial charge in [0.05, 0.1) is 28.7 Å². The molecule has 178 valence electrons. The molecule has 2 N–H and O–H groups in total. The number of halogens is 3. The molecule has 0 unspecified atom stereocenters. The van der Waals surface area contributed by atoms with E-state index in [0.717, 1.165) is 17.7 Å². The van der Waals surface area contributed by atoms with Crippen molar-refractivity contribution in [1.29, 1.82) is 0 Å². The first-order chi connectivity index (χ1) is 16.7. The molecule has 3 aromatic carbocycles. The standard InChI is InChI=1S/C26H20F3N3O3/c27-26(28,29)19-9-5-16(6-10-19)15-32-22(20-3-1-2-4-21(20)31-32)23(33)30-25(13-14-25)18-11-7-17(8-12-18)24(34)35/h1-12H,13-15H2,(H,30,33)(H,34,35). The Balaban J connectivity index is 1.45. The Hall–Kier alpha value is -4.14. The van der Waals surface area contributed by atoms with Crippen LogP contribution in [0.1, 0.15) is 50.4 Å². The van der Waals surface area contributed by atoms with Crippen molar-refractivity contribution in [1.82, 2.24) is 15.1 Å². The maximum absolute atomic E-state index is 13.5. The lowest BCUT2D eigenvalue weighted by atomic mass is 10.0. The van der Waals surface area contributed by atoms with E-state index in [2.05, 4.69) is 10.4 Å². The van der Waals surface area contributed by atoms with E-state index in [1.54, 1.807) is 36.4 Å². The normalized spacial score (nSPS) is 14.6. The topological polar surface area (TPSA) is 84.2 Å². The first kappa shape index (κ1) is 22.6. The van der Waals surface area contributed by atoms with Gasteiger partial charge in [-0.15, -0.1) is 0 Å². The first-order valence-corrected chi connectivity index (χ1v) is 10.9. The average molecular weight is 479 g/mol. The number of rotatable bonds is 6. The highest BCUT2D eigenvalue weighted by molar-refractivity contribution is 6.05. The minimum absolute atomic E-state index is 0.121. The highest BCUT2D eigenvalue weighted by Gasteiger charge is 2.46. The second-order valence-corrected chi connectivity index (χ2v) is 8.64. The van der Waals surface area contributed by atoms with Crippen LogP contribution in [0.15, 0.2) is 72.8 Å². The number of fused-ring (bicyclic) bond motifs is 1. The Morgan fingerprint density at radius 3 is 2.23 bits per heavy atom. The van der Waals surface area contributed by atoms with Crippen LogP contribution in [0.5, 0.6) is 0 Å². The van der Waals surface area contributed by atoms with Crippen molar-refractivity contribution in [2.24, 2.45) is 0 Å². The fourth-order valence-corrected chi connectivity index (χ4v) is 4.23. The molecule has 0 saturated heterocycles. The molecule has 1 aliphatic rings. The largest absolute Gasteiger partial charge is 0.478 e. The molecule has 1 saturated carbocycles. The van der Waals surface area contributed by atoms with Gasteiger partial charge in [0.25, 0.3) is 5.91 Å². The molecule has 0 bridgehead atoms. The zero-order chi connectivity index (χ0) is 24.8. The van der Waals surface area contributed by atoms with Crippen molar-refractivity contribution in [2.75, 3.05) is 0 Å². The summed E-state index contributed by atoms with van der Waals surface area (Å²) < 4.78 is 40.3. The Labute approximate surface area is 198 Å². The molecule has 0 atom stereocenters. The summed E-state index contributed by atoms with van der Waals surface area (Å²) in [7, 11) is 0. The number of hydrogen-bond acceptors (Lipinski definition) is 3. The third kappa shape index (κ3) is 4.37. The number of amides is 1. The highest BCUT2D eigenvalue weighted by atomic mass is 19.4. The van der Waals surface area contributed by atoms with Gasteiger partial charge in [0.15, 0.2) is 0 Å². The molecule has 4 aromatic rings. The van der Waals surface area contributed by atoms with Gasteiger partial charge in [-0.1, -0.05) is 42.5 Å². The second kappa shape index (κ2) is 8.26. The van der Waals surface area contributed by atoms with Gasteiger partial charge in [0.1, 0.15) is 5.69 Å². The molecule has 35 heavy (non-hydrogen) atoms. The number of nitrogens with zero attached hydrogens (tertiary/aromatic N) is 2. The van der Waals surface area contributed by atoms with Crippen molar-refractivity contribution in [3.8, 4) is 0 Å². The van der Waals surface area contributed by atoms with Gasteiger partial charge in [-0.3, -0.25) is 9.48 Å². The number of carboxylic acids is 1. The molecular weight excluding hydrogens is 459 g/mol. The van der Waals surface area contributed by atoms with Crippen LogP contribution >= 0.6 is 0 Å². The van der Waals surface area contributed by atoms with Crippen LogP contribution < -0.4 is 5.32 Å². The average Bonchev–Trinajstić information content (AvgIpc) is 3.51. The predicted molar refractivity (Wildman–Crippen MR) is 122 cm³/mol. The predicted octanol–water partition coefficient (Wildman–Crippen LogP) is 5.22. The van der Waals surface area contributed by atoms with Crippen molar-refractivity contribution < 1.29 is 27.9 Å². The number of nitrogens with one attached hydrogen (secondary N) is 1. The number of aromatic carboxylic acids is 1. The van der Waals surface area contributed by atoms with Crippen molar-refractivity contribution in [3.05, 3.63) is 101 Å². The number of benzene rings is 3. The van der Waals surface area contributed by atoms with E-state index >= 15 is 0 Å². The molecule has 0 spiro atoms. The van der Waals surface area contributed by atoms with Crippen LogP contribution in [0.4, 0.5) is 13.2 Å². The van der Waals surface area contributed by atoms with Crippen LogP contribution in [-0.2, 0) is 18.3 Å². The molecule has 6 nitrogen and oxygen atoms in total. The molecule has 0 radical (unpaired) electrons. The van der Waals surface area contributed by atoms with Crippen LogP contribution in [0.3, 0.4) is 0 Å². The molecular formula is C26H20F3N3O3.